The van der Waals surface area contributed by atoms with E-state index in [0.717, 1.165) is 31.5 Å². The largest absolute Gasteiger partial charge is 0.486 e. The molecule has 1 aromatic rings. The highest BCUT2D eigenvalue weighted by Crippen LogP contribution is 2.43. The Morgan fingerprint density at radius 1 is 1.33 bits per heavy atom. The second-order valence-corrected chi connectivity index (χ2v) is 5.45. The summed E-state index contributed by atoms with van der Waals surface area (Å²) in [6.45, 7) is 2.83. The number of nitrogens with one attached hydrogen (secondary N) is 1. The third kappa shape index (κ3) is 2.10. The smallest absolute Gasteiger partial charge is 0.178 e. The first-order valence-corrected chi connectivity index (χ1v) is 7.05. The fourth-order valence-corrected chi connectivity index (χ4v) is 3.09. The van der Waals surface area contributed by atoms with Crippen LogP contribution in [0.25, 0.3) is 0 Å². The van der Waals surface area contributed by atoms with Crippen LogP contribution < -0.4 is 14.8 Å². The number of ether oxygens (including phenoxy) is 2. The van der Waals surface area contributed by atoms with E-state index in [1.807, 2.05) is 0 Å². The molecule has 1 N–H and O–H groups in total. The van der Waals surface area contributed by atoms with Crippen LogP contribution in [0.3, 0.4) is 0 Å². The van der Waals surface area contributed by atoms with E-state index in [0.29, 0.717) is 29.2 Å². The molecule has 0 saturated carbocycles. The minimum absolute atomic E-state index is 0.214. The van der Waals surface area contributed by atoms with E-state index in [1.165, 1.54) is 0 Å². The quantitative estimate of drug-likeness (QED) is 0.864. The van der Waals surface area contributed by atoms with Gasteiger partial charge in [-0.15, -0.1) is 0 Å². The van der Waals surface area contributed by atoms with Crippen LogP contribution in [-0.4, -0.2) is 26.3 Å². The van der Waals surface area contributed by atoms with Gasteiger partial charge in [-0.1, -0.05) is 0 Å². The predicted octanol–water partition coefficient (Wildman–Crippen LogP) is 2.83. The van der Waals surface area contributed by atoms with Crippen molar-refractivity contribution in [3.8, 4) is 11.5 Å². The Kier molecular flexibility index (Phi) is 3.43. The lowest BCUT2D eigenvalue weighted by molar-refractivity contribution is 0.169. The van der Waals surface area contributed by atoms with E-state index >= 15 is 0 Å². The highest BCUT2D eigenvalue weighted by atomic mass is 79.9. The Hall–Kier alpha value is -0.810. The van der Waals surface area contributed by atoms with Gasteiger partial charge in [-0.2, -0.15) is 0 Å². The van der Waals surface area contributed by atoms with Gasteiger partial charge in [0.05, 0.1) is 4.47 Å². The molecular weight excluding hydrogens is 301 g/mol. The van der Waals surface area contributed by atoms with E-state index in [-0.39, 0.29) is 11.7 Å². The molecule has 2 aliphatic heterocycles. The summed E-state index contributed by atoms with van der Waals surface area (Å²) in [6.07, 6.45) is 2.09. The molecule has 3 nitrogen and oxygen atoms in total. The highest BCUT2D eigenvalue weighted by Gasteiger charge is 2.26. The van der Waals surface area contributed by atoms with Crippen molar-refractivity contribution in [1.82, 2.24) is 5.32 Å². The molecule has 2 aliphatic rings. The van der Waals surface area contributed by atoms with Crippen molar-refractivity contribution in [3.63, 3.8) is 0 Å². The molecule has 3 rings (SSSR count). The molecule has 0 amide bonds. The van der Waals surface area contributed by atoms with Crippen LogP contribution in [0.2, 0.25) is 0 Å². The van der Waals surface area contributed by atoms with Crippen molar-refractivity contribution in [2.45, 2.75) is 18.8 Å². The van der Waals surface area contributed by atoms with Crippen molar-refractivity contribution in [2.75, 3.05) is 26.3 Å². The maximum atomic E-state index is 14.4. The molecule has 5 heteroatoms. The summed E-state index contributed by atoms with van der Waals surface area (Å²) in [4.78, 5) is 0. The van der Waals surface area contributed by atoms with Gasteiger partial charge in [-0.25, -0.2) is 4.39 Å². The van der Waals surface area contributed by atoms with E-state index in [4.69, 9.17) is 9.47 Å². The number of hydrogen-bond acceptors (Lipinski definition) is 3. The zero-order valence-corrected chi connectivity index (χ0v) is 11.6. The van der Waals surface area contributed by atoms with Gasteiger partial charge in [0, 0.05) is 6.54 Å². The average molecular weight is 316 g/mol. The van der Waals surface area contributed by atoms with Crippen molar-refractivity contribution in [3.05, 3.63) is 21.9 Å². The summed E-state index contributed by atoms with van der Waals surface area (Å²) in [5, 5.41) is 3.31. The molecule has 1 saturated heterocycles. The van der Waals surface area contributed by atoms with Gasteiger partial charge < -0.3 is 14.8 Å². The van der Waals surface area contributed by atoms with Crippen molar-refractivity contribution in [2.24, 2.45) is 0 Å². The number of fused-ring (bicyclic) bond motifs is 1. The number of rotatable bonds is 1. The van der Waals surface area contributed by atoms with E-state index in [2.05, 4.69) is 21.2 Å². The third-order valence-corrected chi connectivity index (χ3v) is 4.19. The molecule has 2 heterocycles. The molecule has 18 heavy (non-hydrogen) atoms. The SMILES string of the molecule is Fc1c(C2CCCNC2)cc2c(c1Br)OCCO2. The van der Waals surface area contributed by atoms with Gasteiger partial charge in [-0.05, 0) is 52.9 Å². The Morgan fingerprint density at radius 2 is 2.17 bits per heavy atom. The molecule has 0 aromatic heterocycles. The van der Waals surface area contributed by atoms with Gasteiger partial charge in [0.1, 0.15) is 19.0 Å². The Balaban J connectivity index is 2.01. The van der Waals surface area contributed by atoms with Gasteiger partial charge >= 0.3 is 0 Å². The molecule has 0 aliphatic carbocycles. The van der Waals surface area contributed by atoms with E-state index in [1.54, 1.807) is 6.07 Å². The molecule has 1 aromatic carbocycles. The number of halogens is 2. The maximum Gasteiger partial charge on any atom is 0.178 e. The van der Waals surface area contributed by atoms with Crippen molar-refractivity contribution >= 4 is 15.9 Å². The normalized spacial score (nSPS) is 22.9. The summed E-state index contributed by atoms with van der Waals surface area (Å²) in [6, 6.07) is 1.80. The Bertz CT molecular complexity index is 461. The lowest BCUT2D eigenvalue weighted by Crippen LogP contribution is -2.29. The lowest BCUT2D eigenvalue weighted by atomic mass is 9.91. The van der Waals surface area contributed by atoms with Crippen molar-refractivity contribution in [1.29, 1.82) is 0 Å². The topological polar surface area (TPSA) is 30.5 Å². The lowest BCUT2D eigenvalue weighted by Gasteiger charge is -2.26. The number of piperidine rings is 1. The average Bonchev–Trinajstić information content (AvgIpc) is 2.44. The van der Waals surface area contributed by atoms with Crippen LogP contribution >= 0.6 is 15.9 Å². The minimum Gasteiger partial charge on any atom is -0.486 e. The third-order valence-electron chi connectivity index (χ3n) is 3.48. The van der Waals surface area contributed by atoms with Gasteiger partial charge in [-0.3, -0.25) is 0 Å². The highest BCUT2D eigenvalue weighted by molar-refractivity contribution is 9.10. The zero-order valence-electron chi connectivity index (χ0n) is 9.97. The summed E-state index contributed by atoms with van der Waals surface area (Å²) in [7, 11) is 0. The molecule has 0 radical (unpaired) electrons. The van der Waals surface area contributed by atoms with E-state index < -0.39 is 0 Å². The molecule has 0 spiro atoms. The minimum atomic E-state index is -0.215. The van der Waals surface area contributed by atoms with Crippen LogP contribution in [-0.2, 0) is 0 Å². The van der Waals surface area contributed by atoms with Crippen LogP contribution in [0.4, 0.5) is 4.39 Å². The van der Waals surface area contributed by atoms with Gasteiger partial charge in [0.15, 0.2) is 11.5 Å². The zero-order chi connectivity index (χ0) is 12.5. The Labute approximate surface area is 114 Å². The number of hydrogen-bond donors (Lipinski definition) is 1. The fraction of sp³-hybridized carbons (Fsp3) is 0.538. The second kappa shape index (κ2) is 5.05. The van der Waals surface area contributed by atoms with Crippen LogP contribution in [0.5, 0.6) is 11.5 Å². The molecule has 1 fully saturated rings. The standard InChI is InChI=1S/C13H15BrFNO2/c14-11-12(15)9(8-2-1-3-16-7-8)6-10-13(11)18-5-4-17-10/h6,8,16H,1-5,7H2. The fourth-order valence-electron chi connectivity index (χ4n) is 2.56. The van der Waals surface area contributed by atoms with Crippen LogP contribution in [0, 0.1) is 5.82 Å². The molecule has 1 unspecified atom stereocenters. The van der Waals surface area contributed by atoms with E-state index in [9.17, 15) is 4.39 Å². The molecule has 98 valence electrons. The second-order valence-electron chi connectivity index (χ2n) is 4.66. The first-order valence-electron chi connectivity index (χ1n) is 6.25. The first-order chi connectivity index (χ1) is 8.77. The molecule has 0 bridgehead atoms. The summed E-state index contributed by atoms with van der Waals surface area (Å²) in [5.74, 6) is 1.14. The van der Waals surface area contributed by atoms with Gasteiger partial charge in [0.2, 0.25) is 0 Å². The monoisotopic (exact) mass is 315 g/mol. The van der Waals surface area contributed by atoms with Crippen molar-refractivity contribution < 1.29 is 13.9 Å². The number of benzene rings is 1. The molecule has 1 atom stereocenters. The summed E-state index contributed by atoms with van der Waals surface area (Å²) >= 11 is 3.28. The Morgan fingerprint density at radius 3 is 2.94 bits per heavy atom. The van der Waals surface area contributed by atoms with Gasteiger partial charge in [0.25, 0.3) is 0 Å². The summed E-state index contributed by atoms with van der Waals surface area (Å²) < 4.78 is 25.8. The predicted molar refractivity (Wildman–Crippen MR) is 69.9 cm³/mol. The first kappa shape index (κ1) is 12.2. The molecular formula is C13H15BrFNO2. The maximum absolute atomic E-state index is 14.4. The van der Waals surface area contributed by atoms with Crippen LogP contribution in [0.15, 0.2) is 10.5 Å². The van der Waals surface area contributed by atoms with Crippen LogP contribution in [0.1, 0.15) is 24.3 Å². The summed E-state index contributed by atoms with van der Waals surface area (Å²) in [5.41, 5.74) is 0.721.